The summed E-state index contributed by atoms with van der Waals surface area (Å²) in [5.74, 6) is 5.43. The maximum atomic E-state index is 11.1. The van der Waals surface area contributed by atoms with Crippen molar-refractivity contribution in [3.8, 4) is 0 Å². The fourth-order valence-electron chi connectivity index (χ4n) is 1.53. The highest BCUT2D eigenvalue weighted by Crippen LogP contribution is 2.12. The van der Waals surface area contributed by atoms with Gasteiger partial charge in [0.1, 0.15) is 0 Å². The predicted molar refractivity (Wildman–Crippen MR) is 48.8 cm³/mol. The van der Waals surface area contributed by atoms with Crippen LogP contribution in [0, 0.1) is 0 Å². The molecule has 5 nitrogen and oxygen atoms in total. The number of carbonyl (C=O) groups excluding carboxylic acids is 1. The first-order chi connectivity index (χ1) is 6.16. The van der Waals surface area contributed by atoms with Gasteiger partial charge in [-0.05, 0) is 6.42 Å². The number of nitrogens with zero attached hydrogens (tertiary/aromatic N) is 1. The lowest BCUT2D eigenvalue weighted by Gasteiger charge is -2.36. The molecular formula is C8H17N3O2. The zero-order valence-electron chi connectivity index (χ0n) is 8.12. The number of nitrogens with two attached hydrogens (primary N) is 1. The monoisotopic (exact) mass is 187 g/mol. The molecule has 13 heavy (non-hydrogen) atoms. The average Bonchev–Trinajstić information content (AvgIpc) is 2.16. The van der Waals surface area contributed by atoms with Crippen LogP contribution >= 0.6 is 0 Å². The summed E-state index contributed by atoms with van der Waals surface area (Å²) < 4.78 is 5.30. The molecule has 0 aromatic rings. The lowest BCUT2D eigenvalue weighted by atomic mass is 10.0. The van der Waals surface area contributed by atoms with Gasteiger partial charge < -0.3 is 9.64 Å². The molecule has 1 saturated heterocycles. The molecule has 0 spiro atoms. The molecule has 1 aliphatic rings. The Labute approximate surface area is 78.2 Å². The molecule has 1 fully saturated rings. The van der Waals surface area contributed by atoms with Crippen LogP contribution in [0.3, 0.4) is 0 Å². The van der Waals surface area contributed by atoms with E-state index < -0.39 is 0 Å². The molecular weight excluding hydrogens is 170 g/mol. The standard InChI is InChI=1S/C8H17N3O2/c1-6(12)11(2)8-5-13-4-3-7(8)10-9/h7-8,10H,3-5,9H2,1-2H3. The third kappa shape index (κ3) is 2.40. The highest BCUT2D eigenvalue weighted by atomic mass is 16.5. The van der Waals surface area contributed by atoms with Crippen molar-refractivity contribution in [2.45, 2.75) is 25.4 Å². The number of likely N-dealkylation sites (N-methyl/N-ethyl adjacent to an activating group) is 1. The van der Waals surface area contributed by atoms with Gasteiger partial charge in [-0.2, -0.15) is 0 Å². The molecule has 0 radical (unpaired) electrons. The minimum atomic E-state index is 0.0377. The maximum absolute atomic E-state index is 11.1. The number of carbonyl (C=O) groups is 1. The van der Waals surface area contributed by atoms with Crippen molar-refractivity contribution in [1.29, 1.82) is 0 Å². The van der Waals surface area contributed by atoms with E-state index in [9.17, 15) is 4.79 Å². The Bertz CT molecular complexity index is 186. The summed E-state index contributed by atoms with van der Waals surface area (Å²) in [7, 11) is 1.77. The Kier molecular flexibility index (Phi) is 3.65. The first kappa shape index (κ1) is 10.4. The number of hydrogen-bond donors (Lipinski definition) is 2. The van der Waals surface area contributed by atoms with Gasteiger partial charge in [0.15, 0.2) is 0 Å². The van der Waals surface area contributed by atoms with Gasteiger partial charge in [0.25, 0.3) is 0 Å². The topological polar surface area (TPSA) is 67.6 Å². The Morgan fingerprint density at radius 2 is 2.38 bits per heavy atom. The quantitative estimate of drug-likeness (QED) is 0.433. The van der Waals surface area contributed by atoms with Crippen molar-refractivity contribution >= 4 is 5.91 Å². The van der Waals surface area contributed by atoms with E-state index in [1.54, 1.807) is 18.9 Å². The number of hydrogen-bond acceptors (Lipinski definition) is 4. The molecule has 0 saturated carbocycles. The predicted octanol–water partition coefficient (Wildman–Crippen LogP) is -0.914. The molecule has 76 valence electrons. The summed E-state index contributed by atoms with van der Waals surface area (Å²) in [6.07, 6.45) is 0.846. The summed E-state index contributed by atoms with van der Waals surface area (Å²) >= 11 is 0. The van der Waals surface area contributed by atoms with E-state index in [-0.39, 0.29) is 18.0 Å². The fourth-order valence-corrected chi connectivity index (χ4v) is 1.53. The second-order valence-corrected chi connectivity index (χ2v) is 3.33. The molecule has 5 heteroatoms. The van der Waals surface area contributed by atoms with Gasteiger partial charge in [-0.3, -0.25) is 16.1 Å². The molecule has 1 amide bonds. The Balaban J connectivity index is 2.58. The number of amides is 1. The molecule has 0 bridgehead atoms. The summed E-state index contributed by atoms with van der Waals surface area (Å²) in [6.45, 7) is 2.81. The Hall–Kier alpha value is -0.650. The summed E-state index contributed by atoms with van der Waals surface area (Å²) in [6, 6.07) is 0.193. The van der Waals surface area contributed by atoms with Crippen molar-refractivity contribution < 1.29 is 9.53 Å². The highest BCUT2D eigenvalue weighted by Gasteiger charge is 2.29. The van der Waals surface area contributed by atoms with Gasteiger partial charge in [0.2, 0.25) is 5.91 Å². The van der Waals surface area contributed by atoms with E-state index in [4.69, 9.17) is 10.6 Å². The summed E-state index contributed by atoms with van der Waals surface area (Å²) in [4.78, 5) is 12.8. The molecule has 0 aromatic carbocycles. The first-order valence-electron chi connectivity index (χ1n) is 4.44. The second kappa shape index (κ2) is 4.55. The third-order valence-corrected chi connectivity index (χ3v) is 2.53. The van der Waals surface area contributed by atoms with Crippen LogP contribution in [0.4, 0.5) is 0 Å². The minimum Gasteiger partial charge on any atom is -0.379 e. The number of rotatable bonds is 2. The van der Waals surface area contributed by atoms with Crippen LogP contribution < -0.4 is 11.3 Å². The smallest absolute Gasteiger partial charge is 0.219 e. The lowest BCUT2D eigenvalue weighted by Crippen LogP contribution is -2.57. The SMILES string of the molecule is CC(=O)N(C)C1COCCC1NN. The molecule has 1 rings (SSSR count). The van der Waals surface area contributed by atoms with Crippen molar-refractivity contribution in [2.24, 2.45) is 5.84 Å². The maximum Gasteiger partial charge on any atom is 0.219 e. The van der Waals surface area contributed by atoms with Gasteiger partial charge in [-0.25, -0.2) is 0 Å². The van der Waals surface area contributed by atoms with E-state index >= 15 is 0 Å². The van der Waals surface area contributed by atoms with E-state index in [1.807, 2.05) is 0 Å². The Morgan fingerprint density at radius 1 is 1.69 bits per heavy atom. The van der Waals surface area contributed by atoms with Gasteiger partial charge in [0.05, 0.1) is 12.6 Å². The fraction of sp³-hybridized carbons (Fsp3) is 0.875. The third-order valence-electron chi connectivity index (χ3n) is 2.53. The highest BCUT2D eigenvalue weighted by molar-refractivity contribution is 5.73. The van der Waals surface area contributed by atoms with Crippen molar-refractivity contribution in [3.05, 3.63) is 0 Å². The van der Waals surface area contributed by atoms with Crippen LogP contribution in [0.5, 0.6) is 0 Å². The number of hydrazine groups is 1. The number of ether oxygens (including phenoxy) is 1. The summed E-state index contributed by atoms with van der Waals surface area (Å²) in [5.41, 5.74) is 2.72. The molecule has 1 aliphatic heterocycles. The Morgan fingerprint density at radius 3 is 2.92 bits per heavy atom. The summed E-state index contributed by atoms with van der Waals surface area (Å²) in [5, 5.41) is 0. The number of nitrogens with one attached hydrogen (secondary N) is 1. The molecule has 3 N–H and O–H groups in total. The van der Waals surface area contributed by atoms with E-state index in [2.05, 4.69) is 5.43 Å². The average molecular weight is 187 g/mol. The van der Waals surface area contributed by atoms with Gasteiger partial charge in [0, 0.05) is 26.6 Å². The van der Waals surface area contributed by atoms with Crippen molar-refractivity contribution in [3.63, 3.8) is 0 Å². The zero-order chi connectivity index (χ0) is 9.84. The van der Waals surface area contributed by atoms with Crippen LogP contribution in [0.2, 0.25) is 0 Å². The van der Waals surface area contributed by atoms with Crippen LogP contribution in [-0.2, 0) is 9.53 Å². The largest absolute Gasteiger partial charge is 0.379 e. The first-order valence-corrected chi connectivity index (χ1v) is 4.44. The molecule has 0 aromatic heterocycles. The van der Waals surface area contributed by atoms with Crippen LogP contribution in [0.1, 0.15) is 13.3 Å². The van der Waals surface area contributed by atoms with E-state index in [1.165, 1.54) is 0 Å². The van der Waals surface area contributed by atoms with Gasteiger partial charge >= 0.3 is 0 Å². The van der Waals surface area contributed by atoms with Crippen molar-refractivity contribution in [1.82, 2.24) is 10.3 Å². The van der Waals surface area contributed by atoms with Gasteiger partial charge in [-0.1, -0.05) is 0 Å². The zero-order valence-corrected chi connectivity index (χ0v) is 8.12. The molecule has 0 aliphatic carbocycles. The van der Waals surface area contributed by atoms with E-state index in [0.29, 0.717) is 13.2 Å². The van der Waals surface area contributed by atoms with Crippen LogP contribution in [0.15, 0.2) is 0 Å². The molecule has 2 atom stereocenters. The second-order valence-electron chi connectivity index (χ2n) is 3.33. The minimum absolute atomic E-state index is 0.0377. The van der Waals surface area contributed by atoms with Crippen LogP contribution in [-0.4, -0.2) is 43.2 Å². The molecule has 2 unspecified atom stereocenters. The lowest BCUT2D eigenvalue weighted by molar-refractivity contribution is -0.133. The van der Waals surface area contributed by atoms with E-state index in [0.717, 1.165) is 6.42 Å². The van der Waals surface area contributed by atoms with Gasteiger partial charge in [-0.15, -0.1) is 0 Å². The van der Waals surface area contributed by atoms with Crippen LogP contribution in [0.25, 0.3) is 0 Å². The van der Waals surface area contributed by atoms with Crippen molar-refractivity contribution in [2.75, 3.05) is 20.3 Å². The molecule has 1 heterocycles. The normalized spacial score (nSPS) is 28.5.